The molecule has 0 heterocycles. The molecule has 0 spiro atoms. The summed E-state index contributed by atoms with van der Waals surface area (Å²) in [6, 6.07) is 34.0. The summed E-state index contributed by atoms with van der Waals surface area (Å²) < 4.78 is 31.3. The zero-order chi connectivity index (χ0) is 30.9. The molecule has 0 bridgehead atoms. The summed E-state index contributed by atoms with van der Waals surface area (Å²) in [6.07, 6.45) is -0.592. The molecule has 226 valence electrons. The van der Waals surface area contributed by atoms with Crippen LogP contribution in [0.15, 0.2) is 109 Å². The standard InChI is InChI=1S/C35H35N2O6P/c1-3-42-44(40,43-4-2)33(31-20-12-18-26-15-10-11-19-30(26)31)34(38)37-32-22-28-17-9-8-16-27(28)21-29(32)24-41-35(39)36-23-25-13-6-5-7-14-25/h5-22,33H,3-4,23-24H2,1-2H3,(H,36,39)(H,37,38). The van der Waals surface area contributed by atoms with E-state index in [1.54, 1.807) is 19.9 Å². The number of rotatable bonds is 12. The van der Waals surface area contributed by atoms with Crippen molar-refractivity contribution in [3.8, 4) is 0 Å². The lowest BCUT2D eigenvalue weighted by Crippen LogP contribution is -2.25. The zero-order valence-corrected chi connectivity index (χ0v) is 25.6. The van der Waals surface area contributed by atoms with Crippen molar-refractivity contribution < 1.29 is 27.9 Å². The quantitative estimate of drug-likeness (QED) is 0.138. The lowest BCUT2D eigenvalue weighted by molar-refractivity contribution is -0.116. The van der Waals surface area contributed by atoms with E-state index < -0.39 is 25.3 Å². The number of fused-ring (bicyclic) bond motifs is 2. The Hall–Kier alpha value is -4.49. The second kappa shape index (κ2) is 14.3. The number of carbonyl (C=O) groups is 2. The highest BCUT2D eigenvalue weighted by Gasteiger charge is 2.43. The number of alkyl carbamates (subject to hydrolysis) is 1. The number of amides is 2. The molecule has 0 radical (unpaired) electrons. The normalized spacial score (nSPS) is 12.1. The van der Waals surface area contributed by atoms with Crippen LogP contribution in [-0.4, -0.2) is 25.2 Å². The van der Waals surface area contributed by atoms with E-state index in [0.717, 1.165) is 27.1 Å². The van der Waals surface area contributed by atoms with Gasteiger partial charge in [-0.3, -0.25) is 9.36 Å². The van der Waals surface area contributed by atoms with Gasteiger partial charge < -0.3 is 24.4 Å². The second-order valence-electron chi connectivity index (χ2n) is 10.1. The summed E-state index contributed by atoms with van der Waals surface area (Å²) in [6.45, 7) is 3.83. The van der Waals surface area contributed by atoms with Crippen molar-refractivity contribution in [3.63, 3.8) is 0 Å². The molecule has 44 heavy (non-hydrogen) atoms. The number of nitrogens with one attached hydrogen (secondary N) is 2. The van der Waals surface area contributed by atoms with Crippen LogP contribution in [0.1, 0.15) is 36.2 Å². The average Bonchev–Trinajstić information content (AvgIpc) is 3.03. The highest BCUT2D eigenvalue weighted by molar-refractivity contribution is 7.55. The van der Waals surface area contributed by atoms with Gasteiger partial charge in [0.05, 0.1) is 13.2 Å². The van der Waals surface area contributed by atoms with Crippen LogP contribution >= 0.6 is 7.60 Å². The fourth-order valence-corrected chi connectivity index (χ4v) is 7.19. The minimum absolute atomic E-state index is 0.0962. The number of hydrogen-bond donors (Lipinski definition) is 2. The van der Waals surface area contributed by atoms with Crippen LogP contribution in [0.3, 0.4) is 0 Å². The first-order chi connectivity index (χ1) is 21.4. The Labute approximate surface area is 256 Å². The lowest BCUT2D eigenvalue weighted by atomic mass is 10.0. The Bertz CT molecular complexity index is 1790. The Morgan fingerprint density at radius 1 is 0.750 bits per heavy atom. The van der Waals surface area contributed by atoms with Gasteiger partial charge in [0.25, 0.3) is 0 Å². The Morgan fingerprint density at radius 3 is 2.07 bits per heavy atom. The molecule has 5 aromatic carbocycles. The Kier molecular flexibility index (Phi) is 10.1. The third-order valence-electron chi connectivity index (χ3n) is 7.17. The van der Waals surface area contributed by atoms with Gasteiger partial charge in [-0.15, -0.1) is 0 Å². The van der Waals surface area contributed by atoms with E-state index in [9.17, 15) is 14.2 Å². The summed E-state index contributed by atoms with van der Waals surface area (Å²) in [5.41, 5.74) is 1.21. The van der Waals surface area contributed by atoms with E-state index >= 15 is 0 Å². The van der Waals surface area contributed by atoms with Gasteiger partial charge >= 0.3 is 13.7 Å². The van der Waals surface area contributed by atoms with Crippen LogP contribution in [-0.2, 0) is 36.3 Å². The predicted molar refractivity (Wildman–Crippen MR) is 174 cm³/mol. The number of benzene rings is 5. The maximum atomic E-state index is 14.3. The van der Waals surface area contributed by atoms with E-state index in [0.29, 0.717) is 23.4 Å². The topological polar surface area (TPSA) is 103 Å². The summed E-state index contributed by atoms with van der Waals surface area (Å²) in [5, 5.41) is 9.19. The molecular formula is C35H35N2O6P. The van der Waals surface area contributed by atoms with Gasteiger partial charge in [0.15, 0.2) is 5.66 Å². The molecule has 0 aliphatic heterocycles. The number of carbonyl (C=O) groups excluding carboxylic acids is 2. The molecule has 1 atom stereocenters. The molecular weight excluding hydrogens is 575 g/mol. The smallest absolute Gasteiger partial charge is 0.407 e. The van der Waals surface area contributed by atoms with E-state index in [1.807, 2.05) is 103 Å². The molecule has 0 fully saturated rings. The largest absolute Gasteiger partial charge is 0.445 e. The first-order valence-electron chi connectivity index (χ1n) is 14.6. The molecule has 8 nitrogen and oxygen atoms in total. The SMILES string of the molecule is CCOP(=O)(OCC)C(C(=O)Nc1cc2ccccc2cc1COC(=O)NCc1ccccc1)c1cccc2ccccc12. The van der Waals surface area contributed by atoms with Crippen molar-refractivity contribution >= 4 is 46.8 Å². The van der Waals surface area contributed by atoms with Crippen LogP contribution in [0.2, 0.25) is 0 Å². The minimum Gasteiger partial charge on any atom is -0.445 e. The number of anilines is 1. The van der Waals surface area contributed by atoms with E-state index in [2.05, 4.69) is 10.6 Å². The van der Waals surface area contributed by atoms with Gasteiger partial charge in [-0.05, 0) is 58.7 Å². The molecule has 0 saturated carbocycles. The van der Waals surface area contributed by atoms with Crippen LogP contribution in [0, 0.1) is 0 Å². The maximum Gasteiger partial charge on any atom is 0.407 e. The van der Waals surface area contributed by atoms with Crippen molar-refractivity contribution in [2.45, 2.75) is 32.7 Å². The molecule has 0 aliphatic rings. The highest BCUT2D eigenvalue weighted by Crippen LogP contribution is 2.62. The van der Waals surface area contributed by atoms with Gasteiger partial charge in [-0.2, -0.15) is 0 Å². The van der Waals surface area contributed by atoms with Gasteiger partial charge in [-0.1, -0.05) is 97.1 Å². The minimum atomic E-state index is -3.99. The van der Waals surface area contributed by atoms with Crippen LogP contribution in [0.25, 0.3) is 21.5 Å². The van der Waals surface area contributed by atoms with Crippen molar-refractivity contribution in [3.05, 3.63) is 126 Å². The van der Waals surface area contributed by atoms with Gasteiger partial charge in [0.1, 0.15) is 6.61 Å². The molecule has 9 heteroatoms. The summed E-state index contributed by atoms with van der Waals surface area (Å²) in [5.74, 6) is -0.559. The predicted octanol–water partition coefficient (Wildman–Crippen LogP) is 8.37. The lowest BCUT2D eigenvalue weighted by Gasteiger charge is -2.27. The van der Waals surface area contributed by atoms with E-state index in [4.69, 9.17) is 13.8 Å². The third kappa shape index (κ3) is 7.17. The molecule has 0 saturated heterocycles. The summed E-state index contributed by atoms with van der Waals surface area (Å²) in [7, 11) is -3.99. The van der Waals surface area contributed by atoms with Crippen molar-refractivity contribution in [1.29, 1.82) is 0 Å². The van der Waals surface area contributed by atoms with Crippen molar-refractivity contribution in [2.24, 2.45) is 0 Å². The fraction of sp³-hybridized carbons (Fsp3) is 0.200. The summed E-state index contributed by atoms with van der Waals surface area (Å²) in [4.78, 5) is 26.9. The average molecular weight is 611 g/mol. The first-order valence-corrected chi connectivity index (χ1v) is 16.2. The molecule has 2 N–H and O–H groups in total. The first kappa shape index (κ1) is 31.0. The molecule has 2 amide bonds. The Balaban J connectivity index is 1.48. The van der Waals surface area contributed by atoms with Gasteiger partial charge in [0.2, 0.25) is 5.91 Å². The molecule has 0 aromatic heterocycles. The summed E-state index contributed by atoms with van der Waals surface area (Å²) >= 11 is 0. The van der Waals surface area contributed by atoms with E-state index in [-0.39, 0.29) is 19.8 Å². The second-order valence-corrected chi connectivity index (χ2v) is 12.2. The molecule has 0 aliphatic carbocycles. The van der Waals surface area contributed by atoms with Crippen LogP contribution in [0.5, 0.6) is 0 Å². The van der Waals surface area contributed by atoms with Crippen molar-refractivity contribution in [2.75, 3.05) is 18.5 Å². The Morgan fingerprint density at radius 2 is 1.36 bits per heavy atom. The third-order valence-corrected chi connectivity index (χ3v) is 9.55. The van der Waals surface area contributed by atoms with Crippen LogP contribution < -0.4 is 10.6 Å². The maximum absolute atomic E-state index is 14.3. The number of hydrogen-bond acceptors (Lipinski definition) is 6. The van der Waals surface area contributed by atoms with Gasteiger partial charge in [0, 0.05) is 17.8 Å². The monoisotopic (exact) mass is 610 g/mol. The fourth-order valence-electron chi connectivity index (χ4n) is 5.18. The van der Waals surface area contributed by atoms with Crippen molar-refractivity contribution in [1.82, 2.24) is 5.32 Å². The molecule has 5 aromatic rings. The molecule has 5 rings (SSSR count). The zero-order valence-electron chi connectivity index (χ0n) is 24.7. The highest BCUT2D eigenvalue weighted by atomic mass is 31.2. The van der Waals surface area contributed by atoms with E-state index in [1.165, 1.54) is 0 Å². The molecule has 1 unspecified atom stereocenters. The number of ether oxygens (including phenoxy) is 1. The van der Waals surface area contributed by atoms with Gasteiger partial charge in [-0.25, -0.2) is 4.79 Å². The van der Waals surface area contributed by atoms with Crippen LogP contribution in [0.4, 0.5) is 10.5 Å².